The van der Waals surface area contributed by atoms with Gasteiger partial charge in [-0.05, 0) is 59.5 Å². The maximum atomic E-state index is 13.5. The van der Waals surface area contributed by atoms with Gasteiger partial charge in [0.25, 0.3) is 5.91 Å². The van der Waals surface area contributed by atoms with Crippen LogP contribution in [0.25, 0.3) is 21.9 Å². The lowest BCUT2D eigenvalue weighted by Crippen LogP contribution is -2.25. The number of hydrogen-bond acceptors (Lipinski definition) is 6. The quantitative estimate of drug-likeness (QED) is 0.220. The average molecular weight is 603 g/mol. The van der Waals surface area contributed by atoms with Crippen LogP contribution >= 0.6 is 15.9 Å². The number of nitrogens with one attached hydrogen (secondary N) is 1. The molecular weight excluding hydrogens is 580 g/mol. The summed E-state index contributed by atoms with van der Waals surface area (Å²) in [7, 11) is -3.90. The highest BCUT2D eigenvalue weighted by Gasteiger charge is 2.24. The molecule has 1 atom stereocenters. The van der Waals surface area contributed by atoms with Crippen molar-refractivity contribution in [1.82, 2.24) is 4.98 Å². The van der Waals surface area contributed by atoms with E-state index in [0.29, 0.717) is 33.9 Å². The van der Waals surface area contributed by atoms with Crippen molar-refractivity contribution in [3.05, 3.63) is 113 Å². The van der Waals surface area contributed by atoms with E-state index in [0.717, 1.165) is 15.2 Å². The number of nitrogens with zero attached hydrogens (tertiary/aromatic N) is 1. The molecule has 0 fully saturated rings. The molecule has 0 aliphatic carbocycles. The number of sulfonamides is 1. The molecular formula is C29H23BrN4O4S. The first-order valence-electron chi connectivity index (χ1n) is 11.8. The number of nitrogens with two attached hydrogens (primary N) is 2. The van der Waals surface area contributed by atoms with Crippen molar-refractivity contribution in [2.45, 2.75) is 11.0 Å². The molecule has 0 saturated carbocycles. The van der Waals surface area contributed by atoms with Gasteiger partial charge in [0, 0.05) is 32.9 Å². The van der Waals surface area contributed by atoms with Crippen LogP contribution in [0.15, 0.2) is 113 Å². The van der Waals surface area contributed by atoms with Gasteiger partial charge in [0.2, 0.25) is 16.1 Å². The first kappa shape index (κ1) is 26.4. The number of anilines is 2. The Morgan fingerprint density at radius 2 is 1.64 bits per heavy atom. The van der Waals surface area contributed by atoms with Crippen LogP contribution in [0.4, 0.5) is 11.5 Å². The molecule has 5 aromatic rings. The molecule has 0 aliphatic rings. The Balaban J connectivity index is 1.42. The second kappa shape index (κ2) is 10.9. The van der Waals surface area contributed by atoms with Crippen LogP contribution < -0.4 is 20.9 Å². The van der Waals surface area contributed by atoms with Gasteiger partial charge in [0.1, 0.15) is 11.6 Å². The summed E-state index contributed by atoms with van der Waals surface area (Å²) in [6.45, 7) is 0. The van der Waals surface area contributed by atoms with Gasteiger partial charge in [0.05, 0.1) is 4.90 Å². The molecule has 0 radical (unpaired) electrons. The van der Waals surface area contributed by atoms with Crippen LogP contribution in [-0.2, 0) is 14.8 Å². The van der Waals surface area contributed by atoms with Gasteiger partial charge in [-0.1, -0.05) is 64.5 Å². The van der Waals surface area contributed by atoms with Crippen molar-refractivity contribution in [3.8, 4) is 16.9 Å². The highest BCUT2D eigenvalue weighted by atomic mass is 79.9. The fourth-order valence-electron chi connectivity index (χ4n) is 4.18. The molecule has 8 nitrogen and oxygen atoms in total. The number of primary sulfonamides is 1. The van der Waals surface area contributed by atoms with E-state index in [9.17, 15) is 13.2 Å². The smallest absolute Gasteiger partial charge is 0.270 e. The van der Waals surface area contributed by atoms with Crippen molar-refractivity contribution in [2.24, 2.45) is 5.14 Å². The summed E-state index contributed by atoms with van der Waals surface area (Å²) >= 11 is 3.42. The van der Waals surface area contributed by atoms with Gasteiger partial charge >= 0.3 is 0 Å². The molecule has 5 rings (SSSR count). The Labute approximate surface area is 233 Å². The molecule has 1 unspecified atom stereocenters. The van der Waals surface area contributed by atoms with E-state index in [4.69, 9.17) is 15.6 Å². The molecule has 1 heterocycles. The predicted octanol–water partition coefficient (Wildman–Crippen LogP) is 5.65. The van der Waals surface area contributed by atoms with Crippen molar-refractivity contribution >= 4 is 54.1 Å². The van der Waals surface area contributed by atoms with Crippen LogP contribution in [0, 0.1) is 0 Å². The minimum absolute atomic E-state index is 0.0247. The molecule has 0 aliphatic heterocycles. The fraction of sp³-hybridized carbons (Fsp3) is 0.0345. The molecule has 1 amide bonds. The third kappa shape index (κ3) is 5.93. The molecule has 0 bridgehead atoms. The lowest BCUT2D eigenvalue weighted by molar-refractivity contribution is -0.123. The number of fused-ring (bicyclic) bond motifs is 1. The first-order chi connectivity index (χ1) is 18.7. The summed E-state index contributed by atoms with van der Waals surface area (Å²) in [4.78, 5) is 17.6. The second-order valence-electron chi connectivity index (χ2n) is 8.74. The third-order valence-electron chi connectivity index (χ3n) is 6.09. The standard InChI is InChI=1S/C29H23BrN4O4S/c30-21-10-5-20(6-11-21)27(38-23-14-9-19-15-16-33-28(31)25(19)17-23)29(35)34-22-12-7-18(8-13-22)24-3-1-2-4-26(24)39(32,36)37/h1-17,27H,(H2,31,33)(H,34,35)(H2,32,36,37). The highest BCUT2D eigenvalue weighted by molar-refractivity contribution is 9.10. The van der Waals surface area contributed by atoms with Crippen LogP contribution in [0.1, 0.15) is 11.7 Å². The van der Waals surface area contributed by atoms with E-state index in [1.54, 1.807) is 72.9 Å². The Morgan fingerprint density at radius 3 is 2.36 bits per heavy atom. The largest absolute Gasteiger partial charge is 0.476 e. The number of pyridine rings is 1. The predicted molar refractivity (Wildman–Crippen MR) is 156 cm³/mol. The summed E-state index contributed by atoms with van der Waals surface area (Å²) in [5, 5.41) is 9.90. The van der Waals surface area contributed by atoms with Crippen molar-refractivity contribution in [1.29, 1.82) is 0 Å². The van der Waals surface area contributed by atoms with Crippen molar-refractivity contribution in [3.63, 3.8) is 0 Å². The number of nitrogen functional groups attached to an aromatic ring is 1. The Hall–Kier alpha value is -4.25. The molecule has 5 N–H and O–H groups in total. The van der Waals surface area contributed by atoms with Gasteiger partial charge in [-0.3, -0.25) is 4.79 Å². The van der Waals surface area contributed by atoms with Crippen LogP contribution in [0.5, 0.6) is 5.75 Å². The maximum absolute atomic E-state index is 13.5. The highest BCUT2D eigenvalue weighted by Crippen LogP contribution is 2.31. The number of ether oxygens (including phenoxy) is 1. The van der Waals surface area contributed by atoms with E-state index >= 15 is 0 Å². The summed E-state index contributed by atoms with van der Waals surface area (Å²) in [5.74, 6) is 0.432. The number of amides is 1. The van der Waals surface area contributed by atoms with E-state index in [-0.39, 0.29) is 4.90 Å². The molecule has 1 aromatic heterocycles. The van der Waals surface area contributed by atoms with Crippen LogP contribution in [-0.4, -0.2) is 19.3 Å². The van der Waals surface area contributed by atoms with E-state index in [1.165, 1.54) is 6.07 Å². The van der Waals surface area contributed by atoms with E-state index < -0.39 is 22.0 Å². The first-order valence-corrected chi connectivity index (χ1v) is 14.1. The van der Waals surface area contributed by atoms with E-state index in [2.05, 4.69) is 26.2 Å². The number of benzene rings is 4. The molecule has 196 valence electrons. The van der Waals surface area contributed by atoms with Crippen LogP contribution in [0.3, 0.4) is 0 Å². The lowest BCUT2D eigenvalue weighted by atomic mass is 10.0. The Bertz CT molecular complexity index is 1780. The van der Waals surface area contributed by atoms with Gasteiger partial charge in [0.15, 0.2) is 0 Å². The molecule has 10 heteroatoms. The monoisotopic (exact) mass is 602 g/mol. The minimum Gasteiger partial charge on any atom is -0.476 e. The van der Waals surface area contributed by atoms with Crippen molar-refractivity contribution < 1.29 is 17.9 Å². The summed E-state index contributed by atoms with van der Waals surface area (Å²) in [6, 6.07) is 27.8. The average Bonchev–Trinajstić information content (AvgIpc) is 2.93. The Kier molecular flexibility index (Phi) is 7.34. The number of carbonyl (C=O) groups is 1. The molecule has 0 spiro atoms. The number of rotatable bonds is 7. The number of aromatic nitrogens is 1. The summed E-state index contributed by atoms with van der Waals surface area (Å²) in [6.07, 6.45) is 0.658. The van der Waals surface area contributed by atoms with Gasteiger partial charge in [-0.15, -0.1) is 0 Å². The fourth-order valence-corrected chi connectivity index (χ4v) is 5.21. The Morgan fingerprint density at radius 1 is 0.923 bits per heavy atom. The zero-order chi connectivity index (χ0) is 27.6. The van der Waals surface area contributed by atoms with Crippen molar-refractivity contribution in [2.75, 3.05) is 11.1 Å². The number of hydrogen-bond donors (Lipinski definition) is 3. The summed E-state index contributed by atoms with van der Waals surface area (Å²) in [5.41, 5.74) is 8.31. The zero-order valence-corrected chi connectivity index (χ0v) is 22.8. The van der Waals surface area contributed by atoms with E-state index in [1.807, 2.05) is 24.3 Å². The molecule has 39 heavy (non-hydrogen) atoms. The zero-order valence-electron chi connectivity index (χ0n) is 20.4. The SMILES string of the molecule is Nc1nccc2ccc(OC(C(=O)Nc3ccc(-c4ccccc4S(N)(=O)=O)cc3)c3ccc(Br)cc3)cc12. The molecule has 0 saturated heterocycles. The number of halogens is 1. The second-order valence-corrected chi connectivity index (χ2v) is 11.2. The topological polar surface area (TPSA) is 137 Å². The van der Waals surface area contributed by atoms with Gasteiger partial charge in [-0.2, -0.15) is 0 Å². The van der Waals surface area contributed by atoms with Gasteiger partial charge < -0.3 is 15.8 Å². The lowest BCUT2D eigenvalue weighted by Gasteiger charge is -2.20. The van der Waals surface area contributed by atoms with Crippen LogP contribution in [0.2, 0.25) is 0 Å². The summed E-state index contributed by atoms with van der Waals surface area (Å²) < 4.78 is 31.1. The minimum atomic E-state index is -3.90. The van der Waals surface area contributed by atoms with Gasteiger partial charge in [-0.25, -0.2) is 18.5 Å². The maximum Gasteiger partial charge on any atom is 0.270 e. The molecule has 4 aromatic carbocycles. The number of carbonyl (C=O) groups excluding carboxylic acids is 1. The normalized spacial score (nSPS) is 12.2. The third-order valence-corrected chi connectivity index (χ3v) is 7.59.